The van der Waals surface area contributed by atoms with Crippen LogP contribution < -0.4 is 5.32 Å². The highest BCUT2D eigenvalue weighted by Crippen LogP contribution is 2.29. The number of rotatable bonds is 3. The van der Waals surface area contributed by atoms with Crippen LogP contribution in [0.25, 0.3) is 0 Å². The van der Waals surface area contributed by atoms with E-state index in [1.807, 2.05) is 0 Å². The third-order valence-corrected chi connectivity index (χ3v) is 3.97. The van der Waals surface area contributed by atoms with Gasteiger partial charge >= 0.3 is 11.9 Å². The van der Waals surface area contributed by atoms with Crippen molar-refractivity contribution < 1.29 is 24.2 Å². The minimum Gasteiger partial charge on any atom is -0.478 e. The average Bonchev–Trinajstić information content (AvgIpc) is 2.55. The highest BCUT2D eigenvalue weighted by Gasteiger charge is 2.42. The summed E-state index contributed by atoms with van der Waals surface area (Å²) in [6, 6.07) is 13.0. The molecular formula is C18H15NO5. The Hall–Kier alpha value is -3.15. The van der Waals surface area contributed by atoms with Gasteiger partial charge in [0.25, 0.3) is 5.91 Å². The third kappa shape index (κ3) is 2.74. The van der Waals surface area contributed by atoms with Crippen LogP contribution in [-0.4, -0.2) is 28.6 Å². The summed E-state index contributed by atoms with van der Waals surface area (Å²) < 4.78 is 5.34. The molecule has 1 heterocycles. The van der Waals surface area contributed by atoms with Crippen molar-refractivity contribution in [2.24, 2.45) is 0 Å². The first-order valence-corrected chi connectivity index (χ1v) is 7.36. The number of fused-ring (bicyclic) bond motifs is 1. The molecule has 2 N–H and O–H groups in total. The molecule has 1 atom stereocenters. The van der Waals surface area contributed by atoms with Crippen molar-refractivity contribution >= 4 is 23.5 Å². The van der Waals surface area contributed by atoms with Crippen LogP contribution in [-0.2, 0) is 16.0 Å². The van der Waals surface area contributed by atoms with E-state index in [0.29, 0.717) is 5.56 Å². The van der Waals surface area contributed by atoms with Gasteiger partial charge in [0, 0.05) is 6.42 Å². The topological polar surface area (TPSA) is 92.7 Å². The fourth-order valence-electron chi connectivity index (χ4n) is 2.69. The number of amides is 1. The summed E-state index contributed by atoms with van der Waals surface area (Å²) >= 11 is 0. The molecule has 24 heavy (non-hydrogen) atoms. The molecule has 0 aliphatic carbocycles. The normalized spacial score (nSPS) is 19.1. The number of carboxylic acids is 1. The lowest BCUT2D eigenvalue weighted by Crippen LogP contribution is -2.49. The average molecular weight is 325 g/mol. The van der Waals surface area contributed by atoms with Gasteiger partial charge in [0.2, 0.25) is 0 Å². The molecular weight excluding hydrogens is 310 g/mol. The van der Waals surface area contributed by atoms with Crippen LogP contribution in [0.4, 0.5) is 5.69 Å². The predicted octanol–water partition coefficient (Wildman–Crippen LogP) is 2.50. The van der Waals surface area contributed by atoms with Gasteiger partial charge in [-0.25, -0.2) is 9.59 Å². The number of benzene rings is 2. The summed E-state index contributed by atoms with van der Waals surface area (Å²) in [5, 5.41) is 11.7. The van der Waals surface area contributed by atoms with Crippen molar-refractivity contribution in [3.8, 4) is 0 Å². The fourth-order valence-corrected chi connectivity index (χ4v) is 2.69. The van der Waals surface area contributed by atoms with Crippen LogP contribution >= 0.6 is 0 Å². The molecule has 0 saturated heterocycles. The van der Waals surface area contributed by atoms with E-state index in [-0.39, 0.29) is 17.7 Å². The Morgan fingerprint density at radius 1 is 1.12 bits per heavy atom. The van der Waals surface area contributed by atoms with Crippen LogP contribution in [0, 0.1) is 0 Å². The number of hydrogen-bond acceptors (Lipinski definition) is 4. The van der Waals surface area contributed by atoms with E-state index < -0.39 is 23.4 Å². The Labute approximate surface area is 138 Å². The largest absolute Gasteiger partial charge is 0.478 e. The molecule has 1 aliphatic rings. The highest BCUT2D eigenvalue weighted by atomic mass is 16.6. The number of carbonyl (C=O) groups excluding carboxylic acids is 2. The maximum atomic E-state index is 12.6. The Balaban J connectivity index is 1.89. The second-order valence-electron chi connectivity index (χ2n) is 5.76. The van der Waals surface area contributed by atoms with Crippen LogP contribution in [0.15, 0.2) is 48.5 Å². The second kappa shape index (κ2) is 5.81. The number of anilines is 1. The number of carboxylic acid groups (broad SMARTS) is 1. The fraction of sp³-hybridized carbons (Fsp3) is 0.167. The first-order chi connectivity index (χ1) is 11.4. The number of para-hydroxylation sites is 1. The molecule has 1 amide bonds. The summed E-state index contributed by atoms with van der Waals surface area (Å²) in [4.78, 5) is 36.0. The number of esters is 1. The van der Waals surface area contributed by atoms with Crippen molar-refractivity contribution in [3.05, 3.63) is 65.2 Å². The third-order valence-electron chi connectivity index (χ3n) is 3.97. The van der Waals surface area contributed by atoms with E-state index in [1.165, 1.54) is 19.1 Å². The molecule has 2 aromatic rings. The lowest BCUT2D eigenvalue weighted by molar-refractivity contribution is -0.134. The zero-order chi connectivity index (χ0) is 17.3. The molecule has 0 spiro atoms. The lowest BCUT2D eigenvalue weighted by atomic mass is 9.89. The van der Waals surface area contributed by atoms with Crippen molar-refractivity contribution in [1.29, 1.82) is 0 Å². The molecule has 0 saturated carbocycles. The van der Waals surface area contributed by atoms with E-state index in [4.69, 9.17) is 4.74 Å². The van der Waals surface area contributed by atoms with Gasteiger partial charge in [-0.15, -0.1) is 0 Å². The SMILES string of the molecule is C[C@@]1(C(=O)Nc2ccccc2C(=O)O)Cc2ccccc2C(=O)O1. The number of hydrogen-bond donors (Lipinski definition) is 2. The Morgan fingerprint density at radius 2 is 1.79 bits per heavy atom. The van der Waals surface area contributed by atoms with E-state index in [2.05, 4.69) is 5.32 Å². The van der Waals surface area contributed by atoms with Gasteiger partial charge in [-0.05, 0) is 30.7 Å². The van der Waals surface area contributed by atoms with Gasteiger partial charge in [0.15, 0.2) is 5.60 Å². The molecule has 122 valence electrons. The van der Waals surface area contributed by atoms with Crippen LogP contribution in [0.2, 0.25) is 0 Å². The minimum absolute atomic E-state index is 0.0306. The Bertz CT molecular complexity index is 845. The number of cyclic esters (lactones) is 1. The van der Waals surface area contributed by atoms with Gasteiger partial charge in [-0.2, -0.15) is 0 Å². The standard InChI is InChI=1S/C18H15NO5/c1-18(10-11-6-2-3-7-12(11)16(22)24-18)17(23)19-14-9-5-4-8-13(14)15(20)21/h2-9H,10H2,1H3,(H,19,23)(H,20,21)/t18-/m0/s1. The summed E-state index contributed by atoms with van der Waals surface area (Å²) in [5.74, 6) is -2.29. The molecule has 1 aliphatic heterocycles. The number of carbonyl (C=O) groups is 3. The van der Waals surface area contributed by atoms with E-state index in [1.54, 1.807) is 36.4 Å². The molecule has 0 bridgehead atoms. The molecule has 0 radical (unpaired) electrons. The minimum atomic E-state index is -1.41. The smallest absolute Gasteiger partial charge is 0.339 e. The molecule has 6 nitrogen and oxygen atoms in total. The Morgan fingerprint density at radius 3 is 2.54 bits per heavy atom. The van der Waals surface area contributed by atoms with Gasteiger partial charge in [-0.3, -0.25) is 4.79 Å². The van der Waals surface area contributed by atoms with Crippen molar-refractivity contribution in [3.63, 3.8) is 0 Å². The summed E-state index contributed by atoms with van der Waals surface area (Å²) in [5.41, 5.74) is -0.119. The number of ether oxygens (including phenoxy) is 1. The Kier molecular flexibility index (Phi) is 3.81. The van der Waals surface area contributed by atoms with E-state index >= 15 is 0 Å². The van der Waals surface area contributed by atoms with Crippen LogP contribution in [0.3, 0.4) is 0 Å². The first kappa shape index (κ1) is 15.7. The zero-order valence-electron chi connectivity index (χ0n) is 12.9. The molecule has 0 unspecified atom stereocenters. The maximum Gasteiger partial charge on any atom is 0.339 e. The van der Waals surface area contributed by atoms with Crippen molar-refractivity contribution in [2.75, 3.05) is 5.32 Å². The van der Waals surface area contributed by atoms with Gasteiger partial charge in [-0.1, -0.05) is 30.3 Å². The summed E-state index contributed by atoms with van der Waals surface area (Å²) in [7, 11) is 0. The van der Waals surface area contributed by atoms with Gasteiger partial charge < -0.3 is 15.2 Å². The van der Waals surface area contributed by atoms with Crippen LogP contribution in [0.1, 0.15) is 33.2 Å². The second-order valence-corrected chi connectivity index (χ2v) is 5.76. The molecule has 0 aromatic heterocycles. The highest BCUT2D eigenvalue weighted by molar-refractivity contribution is 6.05. The van der Waals surface area contributed by atoms with Gasteiger partial charge in [0.1, 0.15) is 0 Å². The molecule has 0 fully saturated rings. The summed E-state index contributed by atoms with van der Waals surface area (Å²) in [6.07, 6.45) is 0.218. The van der Waals surface area contributed by atoms with Crippen molar-refractivity contribution in [1.82, 2.24) is 0 Å². The van der Waals surface area contributed by atoms with E-state index in [9.17, 15) is 19.5 Å². The summed E-state index contributed by atoms with van der Waals surface area (Å²) in [6.45, 7) is 1.51. The molecule has 3 rings (SSSR count). The maximum absolute atomic E-state index is 12.6. The van der Waals surface area contributed by atoms with Crippen LogP contribution in [0.5, 0.6) is 0 Å². The quantitative estimate of drug-likeness (QED) is 0.846. The predicted molar refractivity (Wildman–Crippen MR) is 86.0 cm³/mol. The monoisotopic (exact) mass is 325 g/mol. The van der Waals surface area contributed by atoms with Crippen molar-refractivity contribution in [2.45, 2.75) is 18.9 Å². The lowest BCUT2D eigenvalue weighted by Gasteiger charge is -2.33. The zero-order valence-corrected chi connectivity index (χ0v) is 12.9. The molecule has 2 aromatic carbocycles. The van der Waals surface area contributed by atoms with Gasteiger partial charge in [0.05, 0.1) is 16.8 Å². The molecule has 6 heteroatoms. The number of aromatic carboxylic acids is 1. The number of nitrogens with one attached hydrogen (secondary N) is 1. The van der Waals surface area contributed by atoms with E-state index in [0.717, 1.165) is 5.56 Å². The first-order valence-electron chi connectivity index (χ1n) is 7.36.